The van der Waals surface area contributed by atoms with Gasteiger partial charge in [-0.25, -0.2) is 0 Å². The van der Waals surface area contributed by atoms with E-state index in [1.807, 2.05) is 0 Å². The summed E-state index contributed by atoms with van der Waals surface area (Å²) in [5, 5.41) is 3.56. The third-order valence-electron chi connectivity index (χ3n) is 4.88. The van der Waals surface area contributed by atoms with E-state index in [2.05, 4.69) is 51.9 Å². The summed E-state index contributed by atoms with van der Waals surface area (Å²) < 4.78 is 0. The Bertz CT molecular complexity index is 219. The van der Waals surface area contributed by atoms with Gasteiger partial charge in [-0.15, -0.1) is 0 Å². The summed E-state index contributed by atoms with van der Waals surface area (Å²) >= 11 is 0. The van der Waals surface area contributed by atoms with Gasteiger partial charge < -0.3 is 10.2 Å². The van der Waals surface area contributed by atoms with Crippen LogP contribution in [0.15, 0.2) is 0 Å². The predicted octanol–water partition coefficient (Wildman–Crippen LogP) is 3.52. The molecule has 0 heterocycles. The minimum atomic E-state index is 0.598. The number of nitrogens with zero attached hydrogens (tertiary/aromatic N) is 1. The van der Waals surface area contributed by atoms with Gasteiger partial charge in [0, 0.05) is 18.1 Å². The summed E-state index contributed by atoms with van der Waals surface area (Å²) in [7, 11) is 2.33. The van der Waals surface area contributed by atoms with E-state index < -0.39 is 0 Å². The van der Waals surface area contributed by atoms with E-state index in [0.717, 1.165) is 24.4 Å². The van der Waals surface area contributed by atoms with Gasteiger partial charge in [-0.05, 0) is 58.0 Å². The van der Waals surface area contributed by atoms with E-state index in [-0.39, 0.29) is 0 Å². The summed E-state index contributed by atoms with van der Waals surface area (Å²) in [5.74, 6) is 1.67. The number of rotatable bonds is 6. The molecule has 1 N–H and O–H groups in total. The first-order valence-corrected chi connectivity index (χ1v) is 7.87. The van der Waals surface area contributed by atoms with Crippen LogP contribution in [0.3, 0.4) is 0 Å². The second kappa shape index (κ2) is 7.49. The van der Waals surface area contributed by atoms with Crippen LogP contribution < -0.4 is 5.32 Å². The fraction of sp³-hybridized carbons (Fsp3) is 1.00. The molecular weight excluding hydrogens is 220 g/mol. The van der Waals surface area contributed by atoms with Crippen molar-refractivity contribution in [2.45, 2.75) is 78.4 Å². The Kier molecular flexibility index (Phi) is 6.65. The second-order valence-corrected chi connectivity index (χ2v) is 6.86. The van der Waals surface area contributed by atoms with Crippen LogP contribution >= 0.6 is 0 Å². The molecule has 18 heavy (non-hydrogen) atoms. The maximum atomic E-state index is 3.56. The van der Waals surface area contributed by atoms with Crippen molar-refractivity contribution in [3.05, 3.63) is 0 Å². The van der Waals surface area contributed by atoms with Crippen LogP contribution in [0.1, 0.15) is 60.3 Å². The van der Waals surface area contributed by atoms with Crippen molar-refractivity contribution in [1.29, 1.82) is 0 Å². The first kappa shape index (κ1) is 16.0. The van der Waals surface area contributed by atoms with E-state index in [9.17, 15) is 0 Å². The molecule has 0 saturated heterocycles. The summed E-state index contributed by atoms with van der Waals surface area (Å²) in [6, 6.07) is 2.09. The van der Waals surface area contributed by atoms with Crippen molar-refractivity contribution in [3.63, 3.8) is 0 Å². The molecule has 1 saturated carbocycles. The Morgan fingerprint density at radius 2 is 1.61 bits per heavy atom. The van der Waals surface area contributed by atoms with Crippen molar-refractivity contribution in [2.75, 3.05) is 13.6 Å². The summed E-state index contributed by atoms with van der Waals surface area (Å²) in [5.41, 5.74) is 0. The minimum absolute atomic E-state index is 0.598. The molecule has 2 atom stereocenters. The van der Waals surface area contributed by atoms with Crippen molar-refractivity contribution in [1.82, 2.24) is 10.2 Å². The fourth-order valence-electron chi connectivity index (χ4n) is 2.98. The average Bonchev–Trinajstić information content (AvgIpc) is 2.35. The molecule has 1 rings (SSSR count). The minimum Gasteiger partial charge on any atom is -0.314 e. The standard InChI is InChI=1S/C16H34N2/c1-12(2)17-11-14(4)15(5)18(6)16-9-7-13(3)8-10-16/h12-17H,7-11H2,1-6H3. The van der Waals surface area contributed by atoms with Gasteiger partial charge in [0.15, 0.2) is 0 Å². The lowest BCUT2D eigenvalue weighted by molar-refractivity contribution is 0.101. The van der Waals surface area contributed by atoms with E-state index in [1.54, 1.807) is 0 Å². The van der Waals surface area contributed by atoms with Crippen LogP contribution in [0.25, 0.3) is 0 Å². The molecule has 1 aliphatic rings. The predicted molar refractivity (Wildman–Crippen MR) is 80.9 cm³/mol. The zero-order valence-corrected chi connectivity index (χ0v) is 13.4. The highest BCUT2D eigenvalue weighted by Crippen LogP contribution is 2.28. The molecule has 0 aromatic carbocycles. The molecule has 1 fully saturated rings. The van der Waals surface area contributed by atoms with Gasteiger partial charge in [0.1, 0.15) is 0 Å². The monoisotopic (exact) mass is 254 g/mol. The smallest absolute Gasteiger partial charge is 0.0105 e. The maximum absolute atomic E-state index is 3.56. The zero-order chi connectivity index (χ0) is 13.7. The van der Waals surface area contributed by atoms with Crippen LogP contribution in [0, 0.1) is 11.8 Å². The molecule has 0 aromatic rings. The summed E-state index contributed by atoms with van der Waals surface area (Å²) in [6.07, 6.45) is 5.62. The molecule has 0 spiro atoms. The fourth-order valence-corrected chi connectivity index (χ4v) is 2.98. The van der Waals surface area contributed by atoms with Crippen molar-refractivity contribution in [2.24, 2.45) is 11.8 Å². The van der Waals surface area contributed by atoms with E-state index in [0.29, 0.717) is 12.1 Å². The van der Waals surface area contributed by atoms with Crippen molar-refractivity contribution in [3.8, 4) is 0 Å². The van der Waals surface area contributed by atoms with Crippen LogP contribution in [0.2, 0.25) is 0 Å². The molecule has 0 radical (unpaired) electrons. The van der Waals surface area contributed by atoms with Gasteiger partial charge in [0.25, 0.3) is 0 Å². The van der Waals surface area contributed by atoms with Crippen LogP contribution in [0.4, 0.5) is 0 Å². The average molecular weight is 254 g/mol. The van der Waals surface area contributed by atoms with Crippen molar-refractivity contribution < 1.29 is 0 Å². The Morgan fingerprint density at radius 1 is 1.06 bits per heavy atom. The van der Waals surface area contributed by atoms with Gasteiger partial charge in [-0.2, -0.15) is 0 Å². The molecule has 2 heteroatoms. The number of hydrogen-bond acceptors (Lipinski definition) is 2. The summed E-state index contributed by atoms with van der Waals surface area (Å²) in [6.45, 7) is 12.8. The van der Waals surface area contributed by atoms with Gasteiger partial charge in [-0.3, -0.25) is 0 Å². The van der Waals surface area contributed by atoms with Crippen LogP contribution in [-0.4, -0.2) is 36.6 Å². The lowest BCUT2D eigenvalue weighted by atomic mass is 9.85. The Morgan fingerprint density at radius 3 is 2.11 bits per heavy atom. The Balaban J connectivity index is 2.37. The van der Waals surface area contributed by atoms with Gasteiger partial charge in [0.2, 0.25) is 0 Å². The maximum Gasteiger partial charge on any atom is 0.0105 e. The van der Waals surface area contributed by atoms with Crippen LogP contribution in [0.5, 0.6) is 0 Å². The lowest BCUT2D eigenvalue weighted by Gasteiger charge is -2.39. The molecule has 1 aliphatic carbocycles. The highest BCUT2D eigenvalue weighted by atomic mass is 15.2. The van der Waals surface area contributed by atoms with E-state index >= 15 is 0 Å². The Labute approximate surface area is 115 Å². The quantitative estimate of drug-likeness (QED) is 0.780. The molecular formula is C16H34N2. The first-order chi connectivity index (χ1) is 8.41. The van der Waals surface area contributed by atoms with Gasteiger partial charge >= 0.3 is 0 Å². The molecule has 0 bridgehead atoms. The molecule has 2 unspecified atom stereocenters. The lowest BCUT2D eigenvalue weighted by Crippen LogP contribution is -2.46. The van der Waals surface area contributed by atoms with Crippen LogP contribution in [-0.2, 0) is 0 Å². The number of hydrogen-bond donors (Lipinski definition) is 1. The van der Waals surface area contributed by atoms with E-state index in [1.165, 1.54) is 25.7 Å². The van der Waals surface area contributed by atoms with Gasteiger partial charge in [-0.1, -0.05) is 27.7 Å². The highest BCUT2D eigenvalue weighted by molar-refractivity contribution is 4.82. The molecule has 0 aliphatic heterocycles. The summed E-state index contributed by atoms with van der Waals surface area (Å²) in [4.78, 5) is 2.64. The topological polar surface area (TPSA) is 15.3 Å². The second-order valence-electron chi connectivity index (χ2n) is 6.86. The first-order valence-electron chi connectivity index (χ1n) is 7.87. The zero-order valence-electron chi connectivity index (χ0n) is 13.4. The van der Waals surface area contributed by atoms with Gasteiger partial charge in [0.05, 0.1) is 0 Å². The molecule has 0 aromatic heterocycles. The van der Waals surface area contributed by atoms with E-state index in [4.69, 9.17) is 0 Å². The molecule has 0 amide bonds. The SMILES string of the molecule is CC1CCC(N(C)C(C)C(C)CNC(C)C)CC1. The molecule has 2 nitrogen and oxygen atoms in total. The van der Waals surface area contributed by atoms with Crippen molar-refractivity contribution >= 4 is 0 Å². The number of nitrogens with one attached hydrogen (secondary N) is 1. The Hall–Kier alpha value is -0.0800. The third kappa shape index (κ3) is 4.89. The molecule has 108 valence electrons. The normalized spacial score (nSPS) is 28.7. The largest absolute Gasteiger partial charge is 0.314 e. The third-order valence-corrected chi connectivity index (χ3v) is 4.88. The highest BCUT2D eigenvalue weighted by Gasteiger charge is 2.26.